The van der Waals surface area contributed by atoms with Gasteiger partial charge in [-0.25, -0.2) is 9.97 Å². The molecule has 28 heavy (non-hydrogen) atoms. The number of hydrogen-bond acceptors (Lipinski definition) is 5. The van der Waals surface area contributed by atoms with Crippen LogP contribution < -0.4 is 5.32 Å². The molecule has 1 aliphatic heterocycles. The van der Waals surface area contributed by atoms with Gasteiger partial charge in [0.05, 0.1) is 11.9 Å². The summed E-state index contributed by atoms with van der Waals surface area (Å²) < 4.78 is 0. The second-order valence-electron chi connectivity index (χ2n) is 7.84. The first-order valence-corrected chi connectivity index (χ1v) is 10.0. The van der Waals surface area contributed by atoms with Gasteiger partial charge in [-0.3, -0.25) is 9.59 Å². The summed E-state index contributed by atoms with van der Waals surface area (Å²) >= 11 is 0. The summed E-state index contributed by atoms with van der Waals surface area (Å²) in [6.45, 7) is 6.07. The van der Waals surface area contributed by atoms with Crippen molar-refractivity contribution in [1.29, 1.82) is 0 Å². The van der Waals surface area contributed by atoms with Crippen LogP contribution in [0.2, 0.25) is 0 Å². The van der Waals surface area contributed by atoms with Gasteiger partial charge in [0.15, 0.2) is 0 Å². The minimum Gasteiger partial charge on any atom is -0.370 e. The first-order valence-electron chi connectivity index (χ1n) is 10.0. The van der Waals surface area contributed by atoms with Gasteiger partial charge in [-0.05, 0) is 30.9 Å². The number of amides is 1. The van der Waals surface area contributed by atoms with Crippen molar-refractivity contribution in [2.24, 2.45) is 11.8 Å². The Bertz CT molecular complexity index is 771. The number of nitrogens with one attached hydrogen (secondary N) is 2. The van der Waals surface area contributed by atoms with E-state index in [1.54, 1.807) is 29.7 Å². The maximum Gasteiger partial charge on any atom is 0.255 e. The van der Waals surface area contributed by atoms with E-state index in [1.165, 1.54) is 0 Å². The quantitative estimate of drug-likeness (QED) is 0.731. The van der Waals surface area contributed by atoms with Crippen molar-refractivity contribution in [2.45, 2.75) is 39.5 Å². The maximum absolute atomic E-state index is 12.8. The molecule has 7 heteroatoms. The Morgan fingerprint density at radius 3 is 2.86 bits per heavy atom. The summed E-state index contributed by atoms with van der Waals surface area (Å²) in [6, 6.07) is 3.62. The Morgan fingerprint density at radius 1 is 1.32 bits per heavy atom. The van der Waals surface area contributed by atoms with Gasteiger partial charge in [-0.1, -0.05) is 13.8 Å². The smallest absolute Gasteiger partial charge is 0.255 e. The highest BCUT2D eigenvalue weighted by Crippen LogP contribution is 2.22. The number of hydrogen-bond donors (Lipinski definition) is 2. The number of ketones is 1. The van der Waals surface area contributed by atoms with E-state index in [0.717, 1.165) is 37.3 Å². The van der Waals surface area contributed by atoms with Gasteiger partial charge >= 0.3 is 0 Å². The molecule has 0 aromatic carbocycles. The SMILES string of the molecule is CC(C)CC(=O)[C@@H]1CCCN(C(=O)c2ccc(NCCc3cnc[nH]3)nc2)C1. The summed E-state index contributed by atoms with van der Waals surface area (Å²) in [5.74, 6) is 1.30. The number of Topliss-reactive ketones (excluding diaryl/α,β-unsaturated/α-hetero) is 1. The fourth-order valence-electron chi connectivity index (χ4n) is 3.55. The Morgan fingerprint density at radius 2 is 2.18 bits per heavy atom. The fourth-order valence-corrected chi connectivity index (χ4v) is 3.55. The van der Waals surface area contributed by atoms with Crippen molar-refractivity contribution in [3.05, 3.63) is 42.1 Å². The molecule has 1 aliphatic rings. The molecule has 7 nitrogen and oxygen atoms in total. The number of imidazole rings is 1. The van der Waals surface area contributed by atoms with Gasteiger partial charge in [-0.2, -0.15) is 0 Å². The number of nitrogens with zero attached hydrogens (tertiary/aromatic N) is 3. The largest absolute Gasteiger partial charge is 0.370 e. The third-order valence-electron chi connectivity index (χ3n) is 5.04. The van der Waals surface area contributed by atoms with Crippen molar-refractivity contribution >= 4 is 17.5 Å². The van der Waals surface area contributed by atoms with E-state index in [4.69, 9.17) is 0 Å². The highest BCUT2D eigenvalue weighted by atomic mass is 16.2. The van der Waals surface area contributed by atoms with Crippen LogP contribution in [0, 0.1) is 11.8 Å². The van der Waals surface area contributed by atoms with Crippen LogP contribution in [-0.4, -0.2) is 51.2 Å². The molecule has 2 aromatic rings. The second kappa shape index (κ2) is 9.48. The molecule has 1 saturated heterocycles. The average molecular weight is 383 g/mol. The first kappa shape index (κ1) is 20.0. The van der Waals surface area contributed by atoms with Gasteiger partial charge in [0.25, 0.3) is 5.91 Å². The van der Waals surface area contributed by atoms with Crippen LogP contribution in [0.1, 0.15) is 49.2 Å². The van der Waals surface area contributed by atoms with Gasteiger partial charge in [0.2, 0.25) is 0 Å². The number of pyridine rings is 1. The number of anilines is 1. The molecular formula is C21H29N5O2. The number of H-pyrrole nitrogens is 1. The van der Waals surface area contributed by atoms with Crippen molar-refractivity contribution in [1.82, 2.24) is 19.9 Å². The maximum atomic E-state index is 12.8. The van der Waals surface area contributed by atoms with E-state index < -0.39 is 0 Å². The van der Waals surface area contributed by atoms with Crippen LogP contribution in [-0.2, 0) is 11.2 Å². The first-order chi connectivity index (χ1) is 13.5. The standard InChI is InChI=1S/C21H29N5O2/c1-15(2)10-19(27)17-4-3-9-26(13-17)21(28)16-5-6-20(24-11-16)23-8-7-18-12-22-14-25-18/h5-6,11-12,14-15,17H,3-4,7-10,13H2,1-2H3,(H,22,25)(H,23,24)/t17-/m1/s1. The molecule has 2 N–H and O–H groups in total. The summed E-state index contributed by atoms with van der Waals surface area (Å²) in [7, 11) is 0. The van der Waals surface area contributed by atoms with Crippen LogP contribution in [0.25, 0.3) is 0 Å². The number of carbonyl (C=O) groups excluding carboxylic acids is 2. The van der Waals surface area contributed by atoms with Crippen LogP contribution in [0.4, 0.5) is 5.82 Å². The Balaban J connectivity index is 1.52. The van der Waals surface area contributed by atoms with Crippen LogP contribution in [0.5, 0.6) is 0 Å². The van der Waals surface area contributed by atoms with Gasteiger partial charge < -0.3 is 15.2 Å². The van der Waals surface area contributed by atoms with Crippen LogP contribution in [0.15, 0.2) is 30.9 Å². The second-order valence-corrected chi connectivity index (χ2v) is 7.84. The monoisotopic (exact) mass is 383 g/mol. The molecule has 1 atom stereocenters. The number of rotatable bonds is 8. The molecule has 0 unspecified atom stereocenters. The topological polar surface area (TPSA) is 91.0 Å². The lowest BCUT2D eigenvalue weighted by atomic mass is 9.89. The van der Waals surface area contributed by atoms with Crippen LogP contribution >= 0.6 is 0 Å². The normalized spacial score (nSPS) is 17.0. The zero-order valence-corrected chi connectivity index (χ0v) is 16.6. The van der Waals surface area contributed by atoms with E-state index in [1.807, 2.05) is 6.07 Å². The number of carbonyl (C=O) groups is 2. The summed E-state index contributed by atoms with van der Waals surface area (Å²) in [6.07, 6.45) is 8.24. The Kier molecular flexibility index (Phi) is 6.79. The van der Waals surface area contributed by atoms with Crippen molar-refractivity contribution < 1.29 is 9.59 Å². The molecule has 0 saturated carbocycles. The van der Waals surface area contributed by atoms with E-state index in [9.17, 15) is 9.59 Å². The number of aromatic amines is 1. The third-order valence-corrected chi connectivity index (χ3v) is 5.04. The molecule has 1 fully saturated rings. The van der Waals surface area contributed by atoms with E-state index in [0.29, 0.717) is 31.0 Å². The Labute approximate surface area is 166 Å². The molecule has 0 aliphatic carbocycles. The Hall–Kier alpha value is -2.70. The molecule has 2 aromatic heterocycles. The molecule has 0 radical (unpaired) electrons. The zero-order chi connectivity index (χ0) is 19.9. The highest BCUT2D eigenvalue weighted by molar-refractivity contribution is 5.94. The number of piperidine rings is 1. The predicted molar refractivity (Wildman–Crippen MR) is 108 cm³/mol. The summed E-state index contributed by atoms with van der Waals surface area (Å²) in [5, 5.41) is 3.24. The van der Waals surface area contributed by atoms with E-state index >= 15 is 0 Å². The molecular weight excluding hydrogens is 354 g/mol. The molecule has 0 bridgehead atoms. The lowest BCUT2D eigenvalue weighted by Gasteiger charge is -2.32. The molecule has 0 spiro atoms. The molecule has 3 rings (SSSR count). The van der Waals surface area contributed by atoms with Gasteiger partial charge in [-0.15, -0.1) is 0 Å². The molecule has 150 valence electrons. The zero-order valence-electron chi connectivity index (χ0n) is 16.6. The minimum absolute atomic E-state index is 0.0310. The lowest BCUT2D eigenvalue weighted by Crippen LogP contribution is -2.42. The molecule has 1 amide bonds. The van der Waals surface area contributed by atoms with Crippen LogP contribution in [0.3, 0.4) is 0 Å². The van der Waals surface area contributed by atoms with E-state index in [2.05, 4.69) is 34.1 Å². The van der Waals surface area contributed by atoms with E-state index in [-0.39, 0.29) is 17.6 Å². The number of aromatic nitrogens is 3. The van der Waals surface area contributed by atoms with Gasteiger partial charge in [0, 0.05) is 56.5 Å². The summed E-state index contributed by atoms with van der Waals surface area (Å²) in [5.41, 5.74) is 1.63. The predicted octanol–water partition coefficient (Wildman–Crippen LogP) is 2.93. The van der Waals surface area contributed by atoms with Crippen molar-refractivity contribution in [3.63, 3.8) is 0 Å². The van der Waals surface area contributed by atoms with Crippen molar-refractivity contribution in [2.75, 3.05) is 25.0 Å². The fraction of sp³-hybridized carbons (Fsp3) is 0.524. The highest BCUT2D eigenvalue weighted by Gasteiger charge is 2.29. The minimum atomic E-state index is -0.0430. The number of likely N-dealkylation sites (tertiary alicyclic amines) is 1. The third kappa shape index (κ3) is 5.41. The van der Waals surface area contributed by atoms with Gasteiger partial charge in [0.1, 0.15) is 11.6 Å². The lowest BCUT2D eigenvalue weighted by molar-refractivity contribution is -0.124. The molecule has 3 heterocycles. The summed E-state index contributed by atoms with van der Waals surface area (Å²) in [4.78, 5) is 38.4. The average Bonchev–Trinajstić information content (AvgIpc) is 3.21. The van der Waals surface area contributed by atoms with Crippen molar-refractivity contribution in [3.8, 4) is 0 Å².